The summed E-state index contributed by atoms with van der Waals surface area (Å²) >= 11 is 0. The highest BCUT2D eigenvalue weighted by Gasteiger charge is 2.40. The average Bonchev–Trinajstić information content (AvgIpc) is 2.03. The van der Waals surface area contributed by atoms with E-state index in [9.17, 15) is 0 Å². The minimum atomic E-state index is 0.207. The average molecular weight is 184 g/mol. The van der Waals surface area contributed by atoms with Gasteiger partial charge in [-0.15, -0.1) is 0 Å². The van der Waals surface area contributed by atoms with Gasteiger partial charge in [0, 0.05) is 25.2 Å². The fraction of sp³-hybridized carbons (Fsp3) is 1.00. The fourth-order valence-corrected chi connectivity index (χ4v) is 2.51. The fourth-order valence-electron chi connectivity index (χ4n) is 2.51. The maximum absolute atomic E-state index is 5.55. The van der Waals surface area contributed by atoms with Gasteiger partial charge in [0.05, 0.1) is 12.1 Å². The second-order valence-electron chi connectivity index (χ2n) is 5.05. The van der Waals surface area contributed by atoms with Gasteiger partial charge in [-0.1, -0.05) is 0 Å². The van der Waals surface area contributed by atoms with Crippen molar-refractivity contribution in [2.24, 2.45) is 0 Å². The molecule has 0 aromatic rings. The lowest BCUT2D eigenvalue weighted by Crippen LogP contribution is -2.70. The van der Waals surface area contributed by atoms with Gasteiger partial charge >= 0.3 is 0 Å². The van der Waals surface area contributed by atoms with Gasteiger partial charge in [0.2, 0.25) is 0 Å². The lowest BCUT2D eigenvalue weighted by molar-refractivity contribution is -0.00504. The zero-order valence-corrected chi connectivity index (χ0v) is 8.65. The number of hydrogen-bond donors (Lipinski definition) is 2. The maximum Gasteiger partial charge on any atom is 0.0660 e. The van der Waals surface area contributed by atoms with Crippen LogP contribution < -0.4 is 10.6 Å². The summed E-state index contributed by atoms with van der Waals surface area (Å²) in [6.45, 7) is 8.39. The first kappa shape index (κ1) is 9.44. The Morgan fingerprint density at radius 1 is 1.23 bits per heavy atom. The molecule has 2 saturated heterocycles. The maximum atomic E-state index is 5.55. The monoisotopic (exact) mass is 184 g/mol. The van der Waals surface area contributed by atoms with Crippen molar-refractivity contribution in [3.05, 3.63) is 0 Å². The first-order chi connectivity index (χ1) is 6.12. The van der Waals surface area contributed by atoms with Crippen molar-refractivity contribution in [1.82, 2.24) is 10.6 Å². The summed E-state index contributed by atoms with van der Waals surface area (Å²) in [7, 11) is 0. The third-order valence-electron chi connectivity index (χ3n) is 2.96. The zero-order valence-electron chi connectivity index (χ0n) is 8.65. The summed E-state index contributed by atoms with van der Waals surface area (Å²) < 4.78 is 5.55. The van der Waals surface area contributed by atoms with Crippen LogP contribution >= 0.6 is 0 Å². The molecule has 1 unspecified atom stereocenters. The number of hydrogen-bond acceptors (Lipinski definition) is 3. The Balaban J connectivity index is 2.04. The number of ether oxygens (including phenoxy) is 1. The van der Waals surface area contributed by atoms with E-state index in [4.69, 9.17) is 4.74 Å². The van der Waals surface area contributed by atoms with Crippen molar-refractivity contribution in [3.63, 3.8) is 0 Å². The molecule has 2 fully saturated rings. The Morgan fingerprint density at radius 2 is 2.08 bits per heavy atom. The van der Waals surface area contributed by atoms with Crippen LogP contribution in [0, 0.1) is 0 Å². The summed E-state index contributed by atoms with van der Waals surface area (Å²) in [6, 6.07) is 0. The minimum absolute atomic E-state index is 0.207. The van der Waals surface area contributed by atoms with Crippen LogP contribution in [0.4, 0.5) is 0 Å². The quantitative estimate of drug-likeness (QED) is 0.575. The van der Waals surface area contributed by atoms with Crippen molar-refractivity contribution in [2.45, 2.75) is 37.8 Å². The van der Waals surface area contributed by atoms with Gasteiger partial charge in [0.1, 0.15) is 0 Å². The number of piperazine rings is 1. The lowest BCUT2D eigenvalue weighted by atomic mass is 9.85. The van der Waals surface area contributed by atoms with Crippen molar-refractivity contribution in [2.75, 3.05) is 26.3 Å². The SMILES string of the molecule is CC1(C)CNCC2(CCCOC2)N1. The van der Waals surface area contributed by atoms with E-state index in [1.54, 1.807) is 0 Å². The molecule has 0 aromatic carbocycles. The summed E-state index contributed by atoms with van der Waals surface area (Å²) in [6.07, 6.45) is 2.42. The molecule has 1 spiro atoms. The van der Waals surface area contributed by atoms with Gasteiger partial charge in [0.15, 0.2) is 0 Å². The van der Waals surface area contributed by atoms with E-state index in [0.717, 1.165) is 26.3 Å². The molecule has 2 heterocycles. The van der Waals surface area contributed by atoms with Crippen LogP contribution in [0.2, 0.25) is 0 Å². The molecule has 2 rings (SSSR count). The predicted molar refractivity (Wildman–Crippen MR) is 52.9 cm³/mol. The smallest absolute Gasteiger partial charge is 0.0660 e. The van der Waals surface area contributed by atoms with Gasteiger partial charge in [-0.25, -0.2) is 0 Å². The van der Waals surface area contributed by atoms with Crippen molar-refractivity contribution in [1.29, 1.82) is 0 Å². The van der Waals surface area contributed by atoms with E-state index < -0.39 is 0 Å². The van der Waals surface area contributed by atoms with Crippen LogP contribution in [0.1, 0.15) is 26.7 Å². The Hall–Kier alpha value is -0.120. The highest BCUT2D eigenvalue weighted by Crippen LogP contribution is 2.24. The minimum Gasteiger partial charge on any atom is -0.379 e. The van der Waals surface area contributed by atoms with Crippen molar-refractivity contribution >= 4 is 0 Å². The molecule has 2 aliphatic rings. The van der Waals surface area contributed by atoms with Crippen LogP contribution in [0.3, 0.4) is 0 Å². The highest BCUT2D eigenvalue weighted by molar-refractivity contribution is 5.02. The molecule has 0 saturated carbocycles. The van der Waals surface area contributed by atoms with E-state index in [0.29, 0.717) is 0 Å². The summed E-state index contributed by atoms with van der Waals surface area (Å²) in [4.78, 5) is 0. The third kappa shape index (κ3) is 2.03. The van der Waals surface area contributed by atoms with Crippen LogP contribution in [0.25, 0.3) is 0 Å². The van der Waals surface area contributed by atoms with Crippen molar-refractivity contribution < 1.29 is 4.74 Å². The van der Waals surface area contributed by atoms with E-state index >= 15 is 0 Å². The van der Waals surface area contributed by atoms with Crippen molar-refractivity contribution in [3.8, 4) is 0 Å². The van der Waals surface area contributed by atoms with Crippen LogP contribution in [0.5, 0.6) is 0 Å². The highest BCUT2D eigenvalue weighted by atomic mass is 16.5. The van der Waals surface area contributed by atoms with Crippen LogP contribution in [-0.4, -0.2) is 37.4 Å². The Kier molecular flexibility index (Phi) is 2.34. The van der Waals surface area contributed by atoms with Gasteiger partial charge in [0.25, 0.3) is 0 Å². The van der Waals surface area contributed by atoms with E-state index in [1.807, 2.05) is 0 Å². The molecule has 76 valence electrons. The molecular formula is C10H20N2O. The standard InChI is InChI=1S/C10H20N2O/c1-9(2)6-11-7-10(12-9)4-3-5-13-8-10/h11-12H,3-8H2,1-2H3. The van der Waals surface area contributed by atoms with E-state index in [2.05, 4.69) is 24.5 Å². The molecule has 1 atom stereocenters. The molecule has 0 amide bonds. The second kappa shape index (κ2) is 3.23. The summed E-state index contributed by atoms with van der Waals surface area (Å²) in [5.74, 6) is 0. The summed E-state index contributed by atoms with van der Waals surface area (Å²) in [5, 5.41) is 7.21. The molecule has 0 aliphatic carbocycles. The molecule has 0 bridgehead atoms. The van der Waals surface area contributed by atoms with Crippen LogP contribution in [0.15, 0.2) is 0 Å². The largest absolute Gasteiger partial charge is 0.379 e. The van der Waals surface area contributed by atoms with Gasteiger partial charge in [-0.3, -0.25) is 0 Å². The molecule has 3 nitrogen and oxygen atoms in total. The van der Waals surface area contributed by atoms with E-state index in [1.165, 1.54) is 12.8 Å². The first-order valence-corrected chi connectivity index (χ1v) is 5.20. The zero-order chi connectivity index (χ0) is 9.36. The van der Waals surface area contributed by atoms with Gasteiger partial charge < -0.3 is 15.4 Å². The molecular weight excluding hydrogens is 164 g/mol. The van der Waals surface area contributed by atoms with Gasteiger partial charge in [-0.05, 0) is 26.7 Å². The molecule has 0 radical (unpaired) electrons. The molecule has 3 heteroatoms. The molecule has 13 heavy (non-hydrogen) atoms. The predicted octanol–water partition coefficient (Wildman–Crippen LogP) is 0.507. The topological polar surface area (TPSA) is 33.3 Å². The number of rotatable bonds is 0. The third-order valence-corrected chi connectivity index (χ3v) is 2.96. The Labute approximate surface area is 80.2 Å². The second-order valence-corrected chi connectivity index (χ2v) is 5.05. The molecule has 0 aromatic heterocycles. The normalized spacial score (nSPS) is 39.2. The molecule has 2 N–H and O–H groups in total. The molecule has 2 aliphatic heterocycles. The van der Waals surface area contributed by atoms with E-state index in [-0.39, 0.29) is 11.1 Å². The van der Waals surface area contributed by atoms with Gasteiger partial charge in [-0.2, -0.15) is 0 Å². The number of nitrogens with one attached hydrogen (secondary N) is 2. The van der Waals surface area contributed by atoms with Crippen LogP contribution in [-0.2, 0) is 4.74 Å². The first-order valence-electron chi connectivity index (χ1n) is 5.20. The Morgan fingerprint density at radius 3 is 2.69 bits per heavy atom. The lowest BCUT2D eigenvalue weighted by Gasteiger charge is -2.48. The summed E-state index contributed by atoms with van der Waals surface area (Å²) in [5.41, 5.74) is 0.416. The Bertz CT molecular complexity index is 180.